The predicted molar refractivity (Wildman–Crippen MR) is 64.4 cm³/mol. The Morgan fingerprint density at radius 1 is 1.31 bits per heavy atom. The molecule has 0 saturated carbocycles. The Morgan fingerprint density at radius 3 is 2.94 bits per heavy atom. The molecule has 1 aromatic heterocycles. The molecule has 0 aromatic carbocycles. The smallest absolute Gasteiger partial charge is 0.144 e. The quantitative estimate of drug-likeness (QED) is 0.695. The summed E-state index contributed by atoms with van der Waals surface area (Å²) in [6.45, 7) is 6.71. The van der Waals surface area contributed by atoms with E-state index in [-0.39, 0.29) is 0 Å². The van der Waals surface area contributed by atoms with Gasteiger partial charge in [-0.15, -0.1) is 0 Å². The first-order valence-electron chi connectivity index (χ1n) is 5.88. The number of hydrogen-bond donors (Lipinski definition) is 2. The fourth-order valence-corrected chi connectivity index (χ4v) is 1.84. The second kappa shape index (κ2) is 6.40. The lowest BCUT2D eigenvalue weighted by Gasteiger charge is -2.27. The van der Waals surface area contributed by atoms with Crippen molar-refractivity contribution in [1.29, 1.82) is 0 Å². The molecule has 1 saturated heterocycles. The Kier molecular flexibility index (Phi) is 4.51. The lowest BCUT2D eigenvalue weighted by atomic mass is 10.3. The van der Waals surface area contributed by atoms with Crippen molar-refractivity contribution in [3.63, 3.8) is 0 Å². The van der Waals surface area contributed by atoms with Crippen LogP contribution in [-0.2, 0) is 0 Å². The molecule has 0 radical (unpaired) electrons. The highest BCUT2D eigenvalue weighted by Crippen LogP contribution is 1.98. The Morgan fingerprint density at radius 2 is 2.19 bits per heavy atom. The lowest BCUT2D eigenvalue weighted by molar-refractivity contribution is 0.240. The van der Waals surface area contributed by atoms with E-state index in [9.17, 15) is 0 Å². The monoisotopic (exact) mass is 221 g/mol. The maximum Gasteiger partial charge on any atom is 0.144 e. The highest BCUT2D eigenvalue weighted by atomic mass is 15.2. The van der Waals surface area contributed by atoms with Crippen molar-refractivity contribution in [2.24, 2.45) is 0 Å². The standard InChI is InChI=1S/C11H19N5/c1(7-16-8-5-12-6-9-16)2-14-11-10-13-3-4-15-11/h3-4,10,12H,1-2,5-9H2,(H,14,15). The van der Waals surface area contributed by atoms with Crippen LogP contribution in [0.15, 0.2) is 18.6 Å². The van der Waals surface area contributed by atoms with Crippen molar-refractivity contribution < 1.29 is 0 Å². The molecule has 88 valence electrons. The number of anilines is 1. The predicted octanol–water partition coefficient (Wildman–Crippen LogP) is 0.184. The van der Waals surface area contributed by atoms with Crippen LogP contribution in [0.1, 0.15) is 6.42 Å². The minimum atomic E-state index is 0.864. The summed E-state index contributed by atoms with van der Waals surface area (Å²) in [4.78, 5) is 10.7. The van der Waals surface area contributed by atoms with Crippen LogP contribution in [-0.4, -0.2) is 54.1 Å². The van der Waals surface area contributed by atoms with Crippen LogP contribution in [0.5, 0.6) is 0 Å². The second-order valence-corrected chi connectivity index (χ2v) is 3.96. The molecular weight excluding hydrogens is 202 g/mol. The first-order chi connectivity index (χ1) is 7.95. The van der Waals surface area contributed by atoms with E-state index >= 15 is 0 Å². The van der Waals surface area contributed by atoms with Crippen LogP contribution in [0.4, 0.5) is 5.82 Å². The van der Waals surface area contributed by atoms with Gasteiger partial charge in [-0.05, 0) is 13.0 Å². The molecule has 5 nitrogen and oxygen atoms in total. The second-order valence-electron chi connectivity index (χ2n) is 3.96. The summed E-state index contributed by atoms with van der Waals surface area (Å²) in [5, 5.41) is 6.62. The third-order valence-corrected chi connectivity index (χ3v) is 2.73. The van der Waals surface area contributed by atoms with Gasteiger partial charge in [0.1, 0.15) is 5.82 Å². The molecule has 1 aromatic rings. The molecule has 0 spiro atoms. The van der Waals surface area contributed by atoms with Gasteiger partial charge in [0.15, 0.2) is 0 Å². The molecule has 0 bridgehead atoms. The maximum absolute atomic E-state index is 4.17. The molecular formula is C11H19N5. The van der Waals surface area contributed by atoms with E-state index in [0.29, 0.717) is 0 Å². The van der Waals surface area contributed by atoms with Gasteiger partial charge in [0, 0.05) is 45.1 Å². The average molecular weight is 221 g/mol. The van der Waals surface area contributed by atoms with Gasteiger partial charge in [-0.3, -0.25) is 4.98 Å². The zero-order chi connectivity index (χ0) is 11.1. The van der Waals surface area contributed by atoms with Crippen LogP contribution in [0.3, 0.4) is 0 Å². The van der Waals surface area contributed by atoms with Gasteiger partial charge in [-0.1, -0.05) is 0 Å². The summed E-state index contributed by atoms with van der Waals surface area (Å²) in [5.74, 6) is 0.864. The molecule has 2 N–H and O–H groups in total. The molecule has 0 amide bonds. The number of nitrogens with one attached hydrogen (secondary N) is 2. The molecule has 16 heavy (non-hydrogen) atoms. The van der Waals surface area contributed by atoms with E-state index in [1.54, 1.807) is 18.6 Å². The fraction of sp³-hybridized carbons (Fsp3) is 0.636. The molecule has 0 aliphatic carbocycles. The van der Waals surface area contributed by atoms with Crippen molar-refractivity contribution >= 4 is 5.82 Å². The summed E-state index contributed by atoms with van der Waals surface area (Å²) in [5.41, 5.74) is 0. The number of hydrogen-bond acceptors (Lipinski definition) is 5. The van der Waals surface area contributed by atoms with E-state index in [1.807, 2.05) is 0 Å². The maximum atomic E-state index is 4.17. The van der Waals surface area contributed by atoms with Gasteiger partial charge in [-0.25, -0.2) is 4.98 Å². The van der Waals surface area contributed by atoms with E-state index in [2.05, 4.69) is 25.5 Å². The van der Waals surface area contributed by atoms with E-state index in [4.69, 9.17) is 0 Å². The molecule has 1 aliphatic rings. The average Bonchev–Trinajstić information content (AvgIpc) is 2.37. The van der Waals surface area contributed by atoms with Gasteiger partial charge < -0.3 is 15.5 Å². The minimum absolute atomic E-state index is 0.864. The summed E-state index contributed by atoms with van der Waals surface area (Å²) < 4.78 is 0. The number of rotatable bonds is 5. The van der Waals surface area contributed by atoms with Crippen molar-refractivity contribution in [3.05, 3.63) is 18.6 Å². The fourth-order valence-electron chi connectivity index (χ4n) is 1.84. The van der Waals surface area contributed by atoms with Crippen LogP contribution < -0.4 is 10.6 Å². The zero-order valence-corrected chi connectivity index (χ0v) is 9.52. The van der Waals surface area contributed by atoms with Crippen LogP contribution in [0, 0.1) is 0 Å². The molecule has 2 heterocycles. The first-order valence-corrected chi connectivity index (χ1v) is 5.88. The third-order valence-electron chi connectivity index (χ3n) is 2.73. The minimum Gasteiger partial charge on any atom is -0.369 e. The Labute approximate surface area is 96.3 Å². The van der Waals surface area contributed by atoms with Crippen molar-refractivity contribution in [2.45, 2.75) is 6.42 Å². The van der Waals surface area contributed by atoms with Crippen LogP contribution >= 0.6 is 0 Å². The molecule has 0 atom stereocenters. The Hall–Kier alpha value is -1.20. The van der Waals surface area contributed by atoms with Gasteiger partial charge >= 0.3 is 0 Å². The third kappa shape index (κ3) is 3.75. The van der Waals surface area contributed by atoms with Crippen molar-refractivity contribution in [3.8, 4) is 0 Å². The molecule has 2 rings (SSSR count). The lowest BCUT2D eigenvalue weighted by Crippen LogP contribution is -2.44. The zero-order valence-electron chi connectivity index (χ0n) is 9.52. The first kappa shape index (κ1) is 11.3. The summed E-state index contributed by atoms with van der Waals surface area (Å²) in [6.07, 6.45) is 6.30. The number of nitrogens with zero attached hydrogens (tertiary/aromatic N) is 3. The largest absolute Gasteiger partial charge is 0.369 e. The van der Waals surface area contributed by atoms with Crippen molar-refractivity contribution in [2.75, 3.05) is 44.6 Å². The Bertz CT molecular complexity index is 284. The van der Waals surface area contributed by atoms with E-state index in [1.165, 1.54) is 13.1 Å². The molecule has 5 heteroatoms. The highest BCUT2D eigenvalue weighted by molar-refractivity contribution is 5.29. The van der Waals surface area contributed by atoms with Crippen molar-refractivity contribution in [1.82, 2.24) is 20.2 Å². The number of piperazine rings is 1. The molecule has 1 fully saturated rings. The van der Waals surface area contributed by atoms with Gasteiger partial charge in [0.05, 0.1) is 6.20 Å². The van der Waals surface area contributed by atoms with Gasteiger partial charge in [-0.2, -0.15) is 0 Å². The normalized spacial score (nSPS) is 17.2. The van der Waals surface area contributed by atoms with E-state index < -0.39 is 0 Å². The van der Waals surface area contributed by atoms with Crippen LogP contribution in [0.25, 0.3) is 0 Å². The van der Waals surface area contributed by atoms with E-state index in [0.717, 1.165) is 38.4 Å². The highest BCUT2D eigenvalue weighted by Gasteiger charge is 2.07. The summed E-state index contributed by atoms with van der Waals surface area (Å²) in [6, 6.07) is 0. The molecule has 1 aliphatic heterocycles. The summed E-state index contributed by atoms with van der Waals surface area (Å²) in [7, 11) is 0. The number of aromatic nitrogens is 2. The SMILES string of the molecule is c1cnc(NCCCN2CCNCC2)cn1. The van der Waals surface area contributed by atoms with Gasteiger partial charge in [0.25, 0.3) is 0 Å². The topological polar surface area (TPSA) is 53.1 Å². The summed E-state index contributed by atoms with van der Waals surface area (Å²) >= 11 is 0. The van der Waals surface area contributed by atoms with Gasteiger partial charge in [0.2, 0.25) is 0 Å². The van der Waals surface area contributed by atoms with Crippen LogP contribution in [0.2, 0.25) is 0 Å². The molecule has 0 unspecified atom stereocenters. The Balaban J connectivity index is 1.58.